The van der Waals surface area contributed by atoms with E-state index in [1.54, 1.807) is 39.0 Å². The summed E-state index contributed by atoms with van der Waals surface area (Å²) in [5.41, 5.74) is 2.84. The van der Waals surface area contributed by atoms with Crippen molar-refractivity contribution in [3.05, 3.63) is 66.1 Å². The number of benzene rings is 1. The summed E-state index contributed by atoms with van der Waals surface area (Å²) in [6.45, 7) is 2.71. The highest BCUT2D eigenvalue weighted by atomic mass is 16.5. The Labute approximate surface area is 168 Å². The van der Waals surface area contributed by atoms with Gasteiger partial charge in [0.15, 0.2) is 0 Å². The second-order valence-electron chi connectivity index (χ2n) is 6.72. The number of carbonyl (C=O) groups excluding carboxylic acids is 2. The Balaban J connectivity index is 1.50. The van der Waals surface area contributed by atoms with Crippen molar-refractivity contribution >= 4 is 17.5 Å². The van der Waals surface area contributed by atoms with Gasteiger partial charge in [-0.25, -0.2) is 9.67 Å². The topological polar surface area (TPSA) is 80.6 Å². The predicted molar refractivity (Wildman–Crippen MR) is 107 cm³/mol. The molecule has 1 aliphatic rings. The van der Waals surface area contributed by atoms with E-state index in [9.17, 15) is 9.59 Å². The maximum absolute atomic E-state index is 13.0. The summed E-state index contributed by atoms with van der Waals surface area (Å²) in [7, 11) is 1.53. The Hall–Kier alpha value is -3.68. The number of anilines is 1. The Morgan fingerprint density at radius 1 is 1.10 bits per heavy atom. The molecule has 1 aliphatic heterocycles. The molecule has 3 heterocycles. The third-order valence-electron chi connectivity index (χ3n) is 4.99. The standard InChI is InChI=1S/C21H21N5O3/c1-15-18(13-23-26(15)16-6-4-3-5-7-16)21(28)24-10-11-25(20(27)14-24)17-8-9-22-19(12-17)29-2/h3-9,12-13H,10-11,14H2,1-2H3. The van der Waals surface area contributed by atoms with Crippen LogP contribution in [0.5, 0.6) is 5.88 Å². The quantitative estimate of drug-likeness (QED) is 0.680. The first-order valence-corrected chi connectivity index (χ1v) is 9.28. The number of aromatic nitrogens is 3. The molecule has 0 atom stereocenters. The smallest absolute Gasteiger partial charge is 0.257 e. The molecule has 1 fully saturated rings. The van der Waals surface area contributed by atoms with E-state index in [-0.39, 0.29) is 18.4 Å². The molecule has 0 unspecified atom stereocenters. The number of carbonyl (C=O) groups is 2. The van der Waals surface area contributed by atoms with E-state index in [1.807, 2.05) is 37.3 Å². The van der Waals surface area contributed by atoms with Crippen molar-refractivity contribution < 1.29 is 14.3 Å². The van der Waals surface area contributed by atoms with Crippen LogP contribution in [-0.4, -0.2) is 58.2 Å². The summed E-state index contributed by atoms with van der Waals surface area (Å²) in [4.78, 5) is 33.0. The second-order valence-corrected chi connectivity index (χ2v) is 6.72. The van der Waals surface area contributed by atoms with Gasteiger partial charge in [-0.2, -0.15) is 5.10 Å². The van der Waals surface area contributed by atoms with E-state index < -0.39 is 0 Å². The first-order valence-electron chi connectivity index (χ1n) is 9.28. The maximum atomic E-state index is 13.0. The molecule has 2 amide bonds. The van der Waals surface area contributed by atoms with Crippen LogP contribution in [0.4, 0.5) is 5.69 Å². The van der Waals surface area contributed by atoms with Gasteiger partial charge < -0.3 is 14.5 Å². The van der Waals surface area contributed by atoms with Crippen molar-refractivity contribution in [3.63, 3.8) is 0 Å². The van der Waals surface area contributed by atoms with Crippen molar-refractivity contribution in [1.29, 1.82) is 0 Å². The summed E-state index contributed by atoms with van der Waals surface area (Å²) in [6, 6.07) is 13.1. The van der Waals surface area contributed by atoms with Crippen molar-refractivity contribution in [2.75, 3.05) is 31.6 Å². The zero-order chi connectivity index (χ0) is 20.4. The van der Waals surface area contributed by atoms with E-state index in [1.165, 1.54) is 7.11 Å². The molecular formula is C21H21N5O3. The third-order valence-corrected chi connectivity index (χ3v) is 4.99. The molecule has 0 radical (unpaired) electrons. The highest BCUT2D eigenvalue weighted by Gasteiger charge is 2.30. The van der Waals surface area contributed by atoms with Crippen LogP contribution in [0.2, 0.25) is 0 Å². The minimum atomic E-state index is -0.190. The highest BCUT2D eigenvalue weighted by molar-refractivity contribution is 6.02. The summed E-state index contributed by atoms with van der Waals surface area (Å²) in [6.07, 6.45) is 3.16. The van der Waals surface area contributed by atoms with Gasteiger partial charge >= 0.3 is 0 Å². The fourth-order valence-electron chi connectivity index (χ4n) is 3.42. The summed E-state index contributed by atoms with van der Waals surface area (Å²) >= 11 is 0. The summed E-state index contributed by atoms with van der Waals surface area (Å²) in [5.74, 6) is 0.105. The van der Waals surface area contributed by atoms with Crippen LogP contribution in [0, 0.1) is 6.92 Å². The normalized spacial score (nSPS) is 14.2. The fourth-order valence-corrected chi connectivity index (χ4v) is 3.42. The first kappa shape index (κ1) is 18.7. The molecule has 29 heavy (non-hydrogen) atoms. The number of hydrogen-bond acceptors (Lipinski definition) is 5. The van der Waals surface area contributed by atoms with Crippen LogP contribution in [0.25, 0.3) is 5.69 Å². The molecule has 1 aromatic carbocycles. The van der Waals surface area contributed by atoms with Gasteiger partial charge in [-0.1, -0.05) is 18.2 Å². The van der Waals surface area contributed by atoms with E-state index in [0.717, 1.165) is 11.4 Å². The lowest BCUT2D eigenvalue weighted by molar-refractivity contribution is -0.120. The number of methoxy groups -OCH3 is 1. The van der Waals surface area contributed by atoms with E-state index in [0.29, 0.717) is 30.2 Å². The molecule has 148 valence electrons. The molecular weight excluding hydrogens is 370 g/mol. The van der Waals surface area contributed by atoms with Gasteiger partial charge in [-0.05, 0) is 25.1 Å². The van der Waals surface area contributed by atoms with Crippen molar-refractivity contribution in [3.8, 4) is 11.6 Å². The SMILES string of the molecule is COc1cc(N2CCN(C(=O)c3cnn(-c4ccccc4)c3C)CC2=O)ccn1. The summed E-state index contributed by atoms with van der Waals surface area (Å²) in [5, 5.41) is 4.36. The number of ether oxygens (including phenoxy) is 1. The Morgan fingerprint density at radius 2 is 1.90 bits per heavy atom. The number of hydrogen-bond donors (Lipinski definition) is 0. The lowest BCUT2D eigenvalue weighted by Gasteiger charge is -2.34. The molecule has 8 nitrogen and oxygen atoms in total. The van der Waals surface area contributed by atoms with Crippen molar-refractivity contribution in [2.45, 2.75) is 6.92 Å². The zero-order valence-corrected chi connectivity index (χ0v) is 16.3. The highest BCUT2D eigenvalue weighted by Crippen LogP contribution is 2.22. The van der Waals surface area contributed by atoms with Gasteiger partial charge in [-0.3, -0.25) is 9.59 Å². The van der Waals surface area contributed by atoms with Gasteiger partial charge in [0.25, 0.3) is 5.91 Å². The number of amides is 2. The molecule has 2 aromatic heterocycles. The number of nitrogens with zero attached hydrogens (tertiary/aromatic N) is 5. The number of rotatable bonds is 4. The molecule has 3 aromatic rings. The van der Waals surface area contributed by atoms with Crippen LogP contribution < -0.4 is 9.64 Å². The molecule has 0 bridgehead atoms. The molecule has 1 saturated heterocycles. The molecule has 0 spiro atoms. The summed E-state index contributed by atoms with van der Waals surface area (Å²) < 4.78 is 6.86. The van der Waals surface area contributed by atoms with Crippen LogP contribution in [0.1, 0.15) is 16.1 Å². The largest absolute Gasteiger partial charge is 0.481 e. The van der Waals surface area contributed by atoms with Crippen molar-refractivity contribution in [1.82, 2.24) is 19.7 Å². The minimum absolute atomic E-state index is 0.0133. The van der Waals surface area contributed by atoms with Gasteiger partial charge in [0, 0.05) is 25.4 Å². The van der Waals surface area contributed by atoms with Gasteiger partial charge in [0.2, 0.25) is 11.8 Å². The predicted octanol–water partition coefficient (Wildman–Crippen LogP) is 2.07. The Bertz CT molecular complexity index is 1050. The minimum Gasteiger partial charge on any atom is -0.481 e. The zero-order valence-electron chi connectivity index (χ0n) is 16.3. The molecule has 0 N–H and O–H groups in total. The number of pyridine rings is 1. The van der Waals surface area contributed by atoms with E-state index in [4.69, 9.17) is 4.74 Å². The number of piperazine rings is 1. The van der Waals surface area contributed by atoms with Gasteiger partial charge in [-0.15, -0.1) is 0 Å². The van der Waals surface area contributed by atoms with E-state index >= 15 is 0 Å². The average Bonchev–Trinajstić information content (AvgIpc) is 3.15. The van der Waals surface area contributed by atoms with Crippen LogP contribution >= 0.6 is 0 Å². The monoisotopic (exact) mass is 391 g/mol. The average molecular weight is 391 g/mol. The third kappa shape index (κ3) is 3.56. The van der Waals surface area contributed by atoms with E-state index in [2.05, 4.69) is 10.1 Å². The number of para-hydroxylation sites is 1. The molecule has 8 heteroatoms. The van der Waals surface area contributed by atoms with Crippen molar-refractivity contribution in [2.24, 2.45) is 0 Å². The lowest BCUT2D eigenvalue weighted by Crippen LogP contribution is -2.52. The van der Waals surface area contributed by atoms with Crippen LogP contribution in [0.15, 0.2) is 54.9 Å². The maximum Gasteiger partial charge on any atom is 0.257 e. The van der Waals surface area contributed by atoms with Crippen LogP contribution in [-0.2, 0) is 4.79 Å². The molecule has 0 saturated carbocycles. The van der Waals surface area contributed by atoms with Crippen LogP contribution in [0.3, 0.4) is 0 Å². The molecule has 0 aliphatic carbocycles. The van der Waals surface area contributed by atoms with Gasteiger partial charge in [0.1, 0.15) is 6.54 Å². The fraction of sp³-hybridized carbons (Fsp3) is 0.238. The first-order chi connectivity index (χ1) is 14.1. The lowest BCUT2D eigenvalue weighted by atomic mass is 10.2. The molecule has 4 rings (SSSR count). The Kier molecular flexibility index (Phi) is 4.99. The Morgan fingerprint density at radius 3 is 2.62 bits per heavy atom. The van der Waals surface area contributed by atoms with Gasteiger partial charge in [0.05, 0.1) is 35.9 Å². The second kappa shape index (κ2) is 7.75.